The van der Waals surface area contributed by atoms with Crippen molar-refractivity contribution in [1.82, 2.24) is 4.98 Å². The number of sulfone groups is 1. The minimum atomic E-state index is -3.42. The van der Waals surface area contributed by atoms with Crippen LogP contribution in [0.1, 0.15) is 5.56 Å². The van der Waals surface area contributed by atoms with Gasteiger partial charge in [0.05, 0.1) is 15.5 Å². The van der Waals surface area contributed by atoms with Gasteiger partial charge in [0, 0.05) is 23.1 Å². The lowest BCUT2D eigenvalue weighted by Crippen LogP contribution is -1.99. The molecule has 0 bridgehead atoms. The van der Waals surface area contributed by atoms with Gasteiger partial charge in [-0.3, -0.25) is 0 Å². The van der Waals surface area contributed by atoms with Gasteiger partial charge in [-0.15, -0.1) is 11.3 Å². The van der Waals surface area contributed by atoms with Crippen molar-refractivity contribution in [3.63, 3.8) is 0 Å². The highest BCUT2D eigenvalue weighted by Crippen LogP contribution is 2.43. The van der Waals surface area contributed by atoms with Crippen LogP contribution in [0.4, 0.5) is 4.39 Å². The summed E-state index contributed by atoms with van der Waals surface area (Å²) < 4.78 is 39.0. The molecule has 0 spiro atoms. The molecule has 1 heterocycles. The Bertz CT molecular complexity index is 1270. The highest BCUT2D eigenvalue weighted by molar-refractivity contribution is 8.00. The van der Waals surface area contributed by atoms with Crippen LogP contribution < -0.4 is 0 Å². The Hall–Kier alpha value is -2.48. The van der Waals surface area contributed by atoms with Crippen molar-refractivity contribution >= 4 is 32.9 Å². The summed E-state index contributed by atoms with van der Waals surface area (Å²) in [5.74, 6) is 0.426. The lowest BCUT2D eigenvalue weighted by Gasteiger charge is -2.08. The highest BCUT2D eigenvalue weighted by Gasteiger charge is 2.21. The van der Waals surface area contributed by atoms with Crippen molar-refractivity contribution in [2.24, 2.45) is 0 Å². The third-order valence-corrected chi connectivity index (χ3v) is 7.92. The Kier molecular flexibility index (Phi) is 6.04. The maximum Gasteiger partial charge on any atom is 0.176 e. The second-order valence-corrected chi connectivity index (χ2v) is 10.9. The van der Waals surface area contributed by atoms with E-state index in [1.165, 1.54) is 35.3 Å². The fourth-order valence-corrected chi connectivity index (χ4v) is 6.17. The standard InChI is InChI=1S/C23H18FNO2S3/c1-30(26,27)20-10-6-5-9-19(20)22-21(17-11-13-18(24)14-12-17)25-23(29-22)28-15-16-7-3-2-4-8-16/h2-14H,15H2,1H3. The van der Waals surface area contributed by atoms with Gasteiger partial charge in [0.15, 0.2) is 14.2 Å². The number of hydrogen-bond acceptors (Lipinski definition) is 5. The van der Waals surface area contributed by atoms with Gasteiger partial charge in [-0.2, -0.15) is 0 Å². The maximum atomic E-state index is 13.5. The fraction of sp³-hybridized carbons (Fsp3) is 0.0870. The molecule has 0 fully saturated rings. The zero-order valence-corrected chi connectivity index (χ0v) is 18.5. The first-order chi connectivity index (χ1) is 14.4. The summed E-state index contributed by atoms with van der Waals surface area (Å²) in [5, 5.41) is 0. The summed E-state index contributed by atoms with van der Waals surface area (Å²) in [4.78, 5) is 5.81. The van der Waals surface area contributed by atoms with Crippen molar-refractivity contribution in [1.29, 1.82) is 0 Å². The average Bonchev–Trinajstić information content (AvgIpc) is 3.17. The highest BCUT2D eigenvalue weighted by atomic mass is 32.2. The number of nitrogens with zero attached hydrogens (tertiary/aromatic N) is 1. The van der Waals surface area contributed by atoms with Crippen molar-refractivity contribution in [2.75, 3.05) is 6.26 Å². The topological polar surface area (TPSA) is 47.0 Å². The molecule has 4 aromatic rings. The molecular weight excluding hydrogens is 437 g/mol. The molecule has 3 aromatic carbocycles. The Morgan fingerprint density at radius 1 is 0.933 bits per heavy atom. The molecule has 3 nitrogen and oxygen atoms in total. The summed E-state index contributed by atoms with van der Waals surface area (Å²) in [6, 6.07) is 23.1. The Labute approximate surface area is 183 Å². The largest absolute Gasteiger partial charge is 0.229 e. The van der Waals surface area contributed by atoms with Crippen LogP contribution in [0.15, 0.2) is 88.1 Å². The van der Waals surface area contributed by atoms with Crippen molar-refractivity contribution in [3.8, 4) is 21.7 Å². The van der Waals surface area contributed by atoms with Crippen molar-refractivity contribution < 1.29 is 12.8 Å². The minimum Gasteiger partial charge on any atom is -0.229 e. The normalized spacial score (nSPS) is 11.5. The van der Waals surface area contributed by atoms with E-state index < -0.39 is 9.84 Å². The first-order valence-corrected chi connectivity index (χ1v) is 12.8. The van der Waals surface area contributed by atoms with Crippen LogP contribution >= 0.6 is 23.1 Å². The van der Waals surface area contributed by atoms with E-state index in [4.69, 9.17) is 4.98 Å². The monoisotopic (exact) mass is 455 g/mol. The Morgan fingerprint density at radius 2 is 1.60 bits per heavy atom. The van der Waals surface area contributed by atoms with E-state index in [2.05, 4.69) is 12.1 Å². The molecule has 0 amide bonds. The number of aromatic nitrogens is 1. The molecule has 1 aromatic heterocycles. The number of thioether (sulfide) groups is 1. The van der Waals surface area contributed by atoms with Gasteiger partial charge in [0.1, 0.15) is 5.82 Å². The zero-order chi connectivity index (χ0) is 21.1. The third-order valence-electron chi connectivity index (χ3n) is 4.46. The van der Waals surface area contributed by atoms with E-state index in [0.717, 1.165) is 20.5 Å². The van der Waals surface area contributed by atoms with Crippen molar-refractivity contribution in [3.05, 3.63) is 90.2 Å². The average molecular weight is 456 g/mol. The zero-order valence-electron chi connectivity index (χ0n) is 16.1. The van der Waals surface area contributed by atoms with E-state index in [9.17, 15) is 12.8 Å². The number of rotatable bonds is 6. The van der Waals surface area contributed by atoms with Crippen LogP contribution in [-0.4, -0.2) is 19.7 Å². The number of thiazole rings is 1. The quantitative estimate of drug-likeness (QED) is 0.320. The molecule has 0 N–H and O–H groups in total. The van der Waals surface area contributed by atoms with Gasteiger partial charge in [0.2, 0.25) is 0 Å². The molecule has 0 radical (unpaired) electrons. The molecule has 0 aliphatic rings. The van der Waals surface area contributed by atoms with Gasteiger partial charge in [-0.25, -0.2) is 17.8 Å². The van der Waals surface area contributed by atoms with E-state index in [0.29, 0.717) is 11.3 Å². The van der Waals surface area contributed by atoms with E-state index in [-0.39, 0.29) is 10.7 Å². The first kappa shape index (κ1) is 20.8. The maximum absolute atomic E-state index is 13.5. The lowest BCUT2D eigenvalue weighted by molar-refractivity contribution is 0.602. The van der Waals surface area contributed by atoms with Gasteiger partial charge in [-0.05, 0) is 35.9 Å². The Morgan fingerprint density at radius 3 is 2.30 bits per heavy atom. The van der Waals surface area contributed by atoms with Gasteiger partial charge < -0.3 is 0 Å². The molecule has 0 aliphatic heterocycles. The molecule has 0 aliphatic carbocycles. The van der Waals surface area contributed by atoms with Gasteiger partial charge >= 0.3 is 0 Å². The molecule has 0 unspecified atom stereocenters. The summed E-state index contributed by atoms with van der Waals surface area (Å²) in [5.41, 5.74) is 3.20. The molecular formula is C23H18FNO2S3. The van der Waals surface area contributed by atoms with Gasteiger partial charge in [0.25, 0.3) is 0 Å². The third kappa shape index (κ3) is 4.64. The van der Waals surface area contributed by atoms with E-state index in [1.807, 2.05) is 24.3 Å². The lowest BCUT2D eigenvalue weighted by atomic mass is 10.1. The summed E-state index contributed by atoms with van der Waals surface area (Å²) in [7, 11) is -3.42. The predicted octanol–water partition coefficient (Wildman–Crippen LogP) is 6.31. The van der Waals surface area contributed by atoms with Gasteiger partial charge in [-0.1, -0.05) is 60.3 Å². The second-order valence-electron chi connectivity index (χ2n) is 6.71. The summed E-state index contributed by atoms with van der Waals surface area (Å²) in [6.45, 7) is 0. The minimum absolute atomic E-state index is 0.261. The fourth-order valence-electron chi connectivity index (χ4n) is 3.05. The Balaban J connectivity index is 1.81. The number of benzene rings is 3. The van der Waals surface area contributed by atoms with Crippen LogP contribution in [-0.2, 0) is 15.6 Å². The molecule has 30 heavy (non-hydrogen) atoms. The van der Waals surface area contributed by atoms with E-state index >= 15 is 0 Å². The number of hydrogen-bond donors (Lipinski definition) is 0. The predicted molar refractivity (Wildman–Crippen MR) is 122 cm³/mol. The van der Waals surface area contributed by atoms with Crippen LogP contribution in [0.5, 0.6) is 0 Å². The van der Waals surface area contributed by atoms with Crippen LogP contribution in [0.2, 0.25) is 0 Å². The van der Waals surface area contributed by atoms with Crippen LogP contribution in [0.3, 0.4) is 0 Å². The molecule has 0 saturated carbocycles. The molecule has 7 heteroatoms. The molecule has 4 rings (SSSR count). The second kappa shape index (κ2) is 8.71. The number of halogens is 1. The van der Waals surface area contributed by atoms with Crippen LogP contribution in [0, 0.1) is 5.82 Å². The molecule has 0 atom stereocenters. The molecule has 152 valence electrons. The SMILES string of the molecule is CS(=O)(=O)c1ccccc1-c1sc(SCc2ccccc2)nc1-c1ccc(F)cc1. The molecule has 0 saturated heterocycles. The smallest absolute Gasteiger partial charge is 0.176 e. The van der Waals surface area contributed by atoms with E-state index in [1.54, 1.807) is 42.1 Å². The van der Waals surface area contributed by atoms with Crippen LogP contribution in [0.25, 0.3) is 21.7 Å². The summed E-state index contributed by atoms with van der Waals surface area (Å²) in [6.07, 6.45) is 1.20. The summed E-state index contributed by atoms with van der Waals surface area (Å²) >= 11 is 3.05. The van der Waals surface area contributed by atoms with Crippen molar-refractivity contribution in [2.45, 2.75) is 15.0 Å². The first-order valence-electron chi connectivity index (χ1n) is 9.15.